The maximum absolute atomic E-state index is 12.9. The number of piperazine rings is 1. The monoisotopic (exact) mass is 468 g/mol. The van der Waals surface area contributed by atoms with Gasteiger partial charge in [0.1, 0.15) is 6.61 Å². The molecule has 3 rings (SSSR count). The van der Waals surface area contributed by atoms with Gasteiger partial charge in [-0.2, -0.15) is 0 Å². The van der Waals surface area contributed by atoms with Gasteiger partial charge >= 0.3 is 6.03 Å². The number of urea groups is 1. The van der Waals surface area contributed by atoms with Gasteiger partial charge in [-0.1, -0.05) is 18.2 Å². The summed E-state index contributed by atoms with van der Waals surface area (Å²) in [5.41, 5.74) is 3.20. The number of ether oxygens (including phenoxy) is 2. The third-order valence-electron chi connectivity index (χ3n) is 6.37. The number of benzene rings is 2. The van der Waals surface area contributed by atoms with Gasteiger partial charge in [-0.15, -0.1) is 0 Å². The molecule has 34 heavy (non-hydrogen) atoms. The van der Waals surface area contributed by atoms with Crippen LogP contribution in [0.5, 0.6) is 11.5 Å². The molecule has 1 saturated heterocycles. The third kappa shape index (κ3) is 6.56. The van der Waals surface area contributed by atoms with E-state index in [1.807, 2.05) is 23.1 Å². The van der Waals surface area contributed by atoms with Crippen LogP contribution in [0.4, 0.5) is 16.2 Å². The van der Waals surface area contributed by atoms with Crippen molar-refractivity contribution >= 4 is 17.4 Å². The van der Waals surface area contributed by atoms with Crippen LogP contribution in [0.1, 0.15) is 33.3 Å². The van der Waals surface area contributed by atoms with E-state index >= 15 is 0 Å². The number of carbonyl (C=O) groups excluding carboxylic acids is 1. The molecule has 7 heteroatoms. The second kappa shape index (κ2) is 12.0. The maximum Gasteiger partial charge on any atom is 0.321 e. The minimum Gasteiger partial charge on any atom is -0.493 e. The Kier molecular flexibility index (Phi) is 9.05. The van der Waals surface area contributed by atoms with Crippen molar-refractivity contribution in [2.45, 2.75) is 46.7 Å². The average Bonchev–Trinajstić information content (AvgIpc) is 2.82. The first-order chi connectivity index (χ1) is 16.3. The van der Waals surface area contributed by atoms with Crippen LogP contribution in [-0.4, -0.2) is 74.4 Å². The molecule has 1 aliphatic rings. The molecule has 0 saturated carbocycles. The molecule has 7 nitrogen and oxygen atoms in total. The van der Waals surface area contributed by atoms with Gasteiger partial charge in [0.2, 0.25) is 0 Å². The van der Waals surface area contributed by atoms with Gasteiger partial charge < -0.3 is 24.6 Å². The summed E-state index contributed by atoms with van der Waals surface area (Å²) in [6, 6.07) is 14.7. The summed E-state index contributed by atoms with van der Waals surface area (Å²) in [5, 5.41) is 3.03. The third-order valence-corrected chi connectivity index (χ3v) is 6.37. The maximum atomic E-state index is 12.9. The molecule has 0 atom stereocenters. The molecule has 186 valence electrons. The molecule has 0 unspecified atom stereocenters. The number of amides is 2. The molecule has 1 aliphatic heterocycles. The van der Waals surface area contributed by atoms with E-state index in [4.69, 9.17) is 9.47 Å². The Bertz CT molecular complexity index is 931. The topological polar surface area (TPSA) is 57.3 Å². The molecule has 2 aromatic carbocycles. The van der Waals surface area contributed by atoms with Crippen LogP contribution in [0.25, 0.3) is 0 Å². The SMILES string of the molecule is COc1ccc(NC(=O)N2CCN(c3ccccc3C)CC2)cc1OCCN(C(C)C)C(C)C. The number of para-hydroxylation sites is 1. The minimum absolute atomic E-state index is 0.0914. The van der Waals surface area contributed by atoms with E-state index in [1.165, 1.54) is 11.3 Å². The fraction of sp³-hybridized carbons (Fsp3) is 0.519. The van der Waals surface area contributed by atoms with E-state index in [0.717, 1.165) is 19.6 Å². The first-order valence-corrected chi connectivity index (χ1v) is 12.2. The lowest BCUT2D eigenvalue weighted by Crippen LogP contribution is -2.50. The van der Waals surface area contributed by atoms with Crippen molar-refractivity contribution in [2.24, 2.45) is 0 Å². The Morgan fingerprint density at radius 2 is 1.68 bits per heavy atom. The van der Waals surface area contributed by atoms with E-state index < -0.39 is 0 Å². The highest BCUT2D eigenvalue weighted by molar-refractivity contribution is 5.90. The minimum atomic E-state index is -0.0914. The number of methoxy groups -OCH3 is 1. The molecule has 0 aromatic heterocycles. The average molecular weight is 469 g/mol. The Hall–Kier alpha value is -2.93. The van der Waals surface area contributed by atoms with Gasteiger partial charge in [-0.05, 0) is 58.4 Å². The molecule has 1 fully saturated rings. The van der Waals surface area contributed by atoms with Crippen molar-refractivity contribution in [3.63, 3.8) is 0 Å². The van der Waals surface area contributed by atoms with Crippen molar-refractivity contribution < 1.29 is 14.3 Å². The number of aryl methyl sites for hydroxylation is 1. The van der Waals surface area contributed by atoms with E-state index in [1.54, 1.807) is 7.11 Å². The van der Waals surface area contributed by atoms with Crippen LogP contribution >= 0.6 is 0 Å². The van der Waals surface area contributed by atoms with Gasteiger partial charge in [-0.3, -0.25) is 4.90 Å². The highest BCUT2D eigenvalue weighted by atomic mass is 16.5. The van der Waals surface area contributed by atoms with Gasteiger partial charge in [0.25, 0.3) is 0 Å². The fourth-order valence-corrected chi connectivity index (χ4v) is 4.51. The molecular weight excluding hydrogens is 428 g/mol. The second-order valence-electron chi connectivity index (χ2n) is 9.33. The number of hydrogen-bond acceptors (Lipinski definition) is 5. The quantitative estimate of drug-likeness (QED) is 0.570. The predicted molar refractivity (Wildman–Crippen MR) is 139 cm³/mol. The summed E-state index contributed by atoms with van der Waals surface area (Å²) >= 11 is 0. The number of carbonyl (C=O) groups is 1. The smallest absolute Gasteiger partial charge is 0.321 e. The van der Waals surface area contributed by atoms with E-state index in [0.29, 0.717) is 49.0 Å². The van der Waals surface area contributed by atoms with Gasteiger partial charge in [-0.25, -0.2) is 4.79 Å². The van der Waals surface area contributed by atoms with Crippen LogP contribution in [0.3, 0.4) is 0 Å². The fourth-order valence-electron chi connectivity index (χ4n) is 4.51. The van der Waals surface area contributed by atoms with Crippen LogP contribution in [0.2, 0.25) is 0 Å². The van der Waals surface area contributed by atoms with Crippen LogP contribution in [0.15, 0.2) is 42.5 Å². The lowest BCUT2D eigenvalue weighted by Gasteiger charge is -2.36. The first kappa shape index (κ1) is 25.7. The zero-order chi connectivity index (χ0) is 24.7. The predicted octanol–water partition coefficient (Wildman–Crippen LogP) is 4.86. The standard InChI is InChI=1S/C27H40N4O3/c1-20(2)31(21(3)4)17-18-34-26-19-23(11-12-25(26)33-6)28-27(32)30-15-13-29(14-16-30)24-10-8-7-9-22(24)5/h7-12,19-21H,13-18H2,1-6H3,(H,28,32). The van der Waals surface area contributed by atoms with Crippen molar-refractivity contribution in [1.82, 2.24) is 9.80 Å². The Balaban J connectivity index is 1.57. The lowest BCUT2D eigenvalue weighted by molar-refractivity contribution is 0.140. The first-order valence-electron chi connectivity index (χ1n) is 12.2. The summed E-state index contributed by atoms with van der Waals surface area (Å²) in [6.45, 7) is 15.3. The van der Waals surface area contributed by atoms with Crippen molar-refractivity contribution in [2.75, 3.05) is 56.7 Å². The summed E-state index contributed by atoms with van der Waals surface area (Å²) in [6.07, 6.45) is 0. The molecule has 2 aromatic rings. The van der Waals surface area contributed by atoms with E-state index in [-0.39, 0.29) is 6.03 Å². The van der Waals surface area contributed by atoms with Crippen molar-refractivity contribution in [3.8, 4) is 11.5 Å². The molecule has 0 aliphatic carbocycles. The van der Waals surface area contributed by atoms with Crippen molar-refractivity contribution in [1.29, 1.82) is 0 Å². The zero-order valence-corrected chi connectivity index (χ0v) is 21.5. The Morgan fingerprint density at radius 1 is 1.00 bits per heavy atom. The normalized spacial score (nSPS) is 14.1. The zero-order valence-electron chi connectivity index (χ0n) is 21.5. The lowest BCUT2D eigenvalue weighted by atomic mass is 10.1. The number of hydrogen-bond donors (Lipinski definition) is 1. The highest BCUT2D eigenvalue weighted by Crippen LogP contribution is 2.30. The van der Waals surface area contributed by atoms with E-state index in [9.17, 15) is 4.79 Å². The van der Waals surface area contributed by atoms with Crippen LogP contribution in [0, 0.1) is 6.92 Å². The van der Waals surface area contributed by atoms with Crippen LogP contribution < -0.4 is 19.7 Å². The molecule has 0 bridgehead atoms. The number of anilines is 2. The highest BCUT2D eigenvalue weighted by Gasteiger charge is 2.22. The Morgan fingerprint density at radius 3 is 2.29 bits per heavy atom. The van der Waals surface area contributed by atoms with E-state index in [2.05, 4.69) is 74.0 Å². The summed E-state index contributed by atoms with van der Waals surface area (Å²) < 4.78 is 11.5. The summed E-state index contributed by atoms with van der Waals surface area (Å²) in [4.78, 5) is 19.5. The van der Waals surface area contributed by atoms with Gasteiger partial charge in [0.05, 0.1) is 7.11 Å². The van der Waals surface area contributed by atoms with Crippen molar-refractivity contribution in [3.05, 3.63) is 48.0 Å². The summed E-state index contributed by atoms with van der Waals surface area (Å²) in [5.74, 6) is 1.29. The molecule has 1 heterocycles. The Labute approximate surface area is 204 Å². The number of nitrogens with one attached hydrogen (secondary N) is 1. The second-order valence-corrected chi connectivity index (χ2v) is 9.33. The molecule has 0 radical (unpaired) electrons. The molecular formula is C27H40N4O3. The van der Waals surface area contributed by atoms with Crippen LogP contribution in [-0.2, 0) is 0 Å². The number of nitrogens with zero attached hydrogens (tertiary/aromatic N) is 3. The van der Waals surface area contributed by atoms with Gasteiger partial charge in [0.15, 0.2) is 11.5 Å². The largest absolute Gasteiger partial charge is 0.493 e. The number of rotatable bonds is 9. The van der Waals surface area contributed by atoms with Gasteiger partial charge in [0, 0.05) is 62.2 Å². The molecule has 1 N–H and O–H groups in total. The molecule has 2 amide bonds. The molecule has 0 spiro atoms. The summed E-state index contributed by atoms with van der Waals surface area (Å²) in [7, 11) is 1.63.